The Morgan fingerprint density at radius 2 is 1.78 bits per heavy atom. The fourth-order valence-electron chi connectivity index (χ4n) is 4.40. The molecular weight excluding hydrogens is 560 g/mol. The number of amides is 1. The maximum absolute atomic E-state index is 12.2. The Morgan fingerprint density at radius 3 is 2.32 bits per heavy atom. The fourth-order valence-corrected chi connectivity index (χ4v) is 4.40. The van der Waals surface area contributed by atoms with Gasteiger partial charge in [-0.2, -0.15) is 0 Å². The summed E-state index contributed by atoms with van der Waals surface area (Å²) in [6, 6.07) is 3.29. The van der Waals surface area contributed by atoms with Gasteiger partial charge in [0, 0.05) is 25.5 Å². The van der Waals surface area contributed by atoms with E-state index in [9.17, 15) is 55.4 Å². The van der Waals surface area contributed by atoms with Crippen LogP contribution in [0, 0.1) is 10.1 Å². The van der Waals surface area contributed by atoms with Crippen LogP contribution in [0.25, 0.3) is 0 Å². The number of carboxylic acid groups (broad SMARTS) is 1. The first kappa shape index (κ1) is 32.5. The molecule has 18 heteroatoms. The minimum Gasteiger partial charge on any atom is -0.477 e. The number of aliphatic hydroxyl groups is 7. The van der Waals surface area contributed by atoms with Crippen LogP contribution < -0.4 is 10.1 Å². The van der Waals surface area contributed by atoms with Crippen LogP contribution in [0.4, 0.5) is 5.69 Å². The van der Waals surface area contributed by atoms with Crippen molar-refractivity contribution in [3.8, 4) is 5.75 Å². The number of aliphatic carboxylic acids is 1. The molecule has 0 aliphatic carbocycles. The zero-order chi connectivity index (χ0) is 30.6. The second-order valence-electron chi connectivity index (χ2n) is 9.57. The number of nitro benzene ring substituents is 1. The lowest BCUT2D eigenvalue weighted by Gasteiger charge is -2.46. The van der Waals surface area contributed by atoms with Gasteiger partial charge >= 0.3 is 5.97 Å². The molecule has 2 aliphatic heterocycles. The fraction of sp³-hybridized carbons (Fsp3) is 0.652. The van der Waals surface area contributed by atoms with Gasteiger partial charge in [0.05, 0.1) is 24.2 Å². The van der Waals surface area contributed by atoms with Crippen LogP contribution in [0.2, 0.25) is 0 Å². The number of nitrogens with zero attached hydrogens (tertiary/aromatic N) is 1. The summed E-state index contributed by atoms with van der Waals surface area (Å²) < 4.78 is 22.0. The SMILES string of the molecule is CC(=O)NC1C(O)[C@@H](O)C(CO[C@]2(C(=O)O)C[C@@H](O)[C@@H](O)C([C@H](O)[C@H](O)CO)O2)O[C@H]1Oc1ccc([N+](=O)[O-])cc1. The summed E-state index contributed by atoms with van der Waals surface area (Å²) in [5.74, 6) is -5.23. The average Bonchev–Trinajstić information content (AvgIpc) is 2.92. The summed E-state index contributed by atoms with van der Waals surface area (Å²) in [5, 5.41) is 94.2. The summed E-state index contributed by atoms with van der Waals surface area (Å²) in [4.78, 5) is 34.2. The van der Waals surface area contributed by atoms with E-state index in [1.807, 2.05) is 0 Å². The van der Waals surface area contributed by atoms with Gasteiger partial charge in [-0.3, -0.25) is 14.9 Å². The van der Waals surface area contributed by atoms with Gasteiger partial charge in [0.2, 0.25) is 12.2 Å². The van der Waals surface area contributed by atoms with E-state index in [-0.39, 0.29) is 11.4 Å². The lowest BCUT2D eigenvalue weighted by Crippen LogP contribution is -2.67. The molecule has 1 amide bonds. The van der Waals surface area contributed by atoms with Crippen molar-refractivity contribution in [1.29, 1.82) is 0 Å². The molecule has 41 heavy (non-hydrogen) atoms. The number of benzene rings is 1. The van der Waals surface area contributed by atoms with Crippen molar-refractivity contribution >= 4 is 17.6 Å². The molecule has 0 saturated carbocycles. The van der Waals surface area contributed by atoms with Gasteiger partial charge in [-0.15, -0.1) is 0 Å². The maximum Gasteiger partial charge on any atom is 0.364 e. The smallest absolute Gasteiger partial charge is 0.364 e. The molecule has 2 saturated heterocycles. The van der Waals surface area contributed by atoms with Crippen molar-refractivity contribution in [2.75, 3.05) is 13.2 Å². The van der Waals surface area contributed by atoms with Gasteiger partial charge in [0.1, 0.15) is 54.5 Å². The number of carbonyl (C=O) groups excluding carboxylic acids is 1. The first-order chi connectivity index (χ1) is 19.2. The number of hydrogen-bond donors (Lipinski definition) is 9. The van der Waals surface area contributed by atoms with Crippen LogP contribution >= 0.6 is 0 Å². The molecule has 0 bridgehead atoms. The van der Waals surface area contributed by atoms with E-state index in [2.05, 4.69) is 5.32 Å². The number of nitro groups is 1. The first-order valence-electron chi connectivity index (χ1n) is 12.3. The molecule has 11 atom stereocenters. The second-order valence-corrected chi connectivity index (χ2v) is 9.57. The van der Waals surface area contributed by atoms with Crippen molar-refractivity contribution in [3.05, 3.63) is 34.4 Å². The predicted octanol–water partition coefficient (Wildman–Crippen LogP) is -4.05. The monoisotopic (exact) mass is 592 g/mol. The topological polar surface area (TPSA) is 288 Å². The van der Waals surface area contributed by atoms with Gasteiger partial charge < -0.3 is 65.1 Å². The summed E-state index contributed by atoms with van der Waals surface area (Å²) in [5.41, 5.74) is -0.254. The van der Waals surface area contributed by atoms with Crippen molar-refractivity contribution in [2.24, 2.45) is 0 Å². The summed E-state index contributed by atoms with van der Waals surface area (Å²) in [6.45, 7) is -0.728. The molecule has 230 valence electrons. The Hall–Kier alpha value is -3.04. The van der Waals surface area contributed by atoms with Gasteiger partial charge in [0.15, 0.2) is 0 Å². The number of rotatable bonds is 11. The molecule has 18 nitrogen and oxygen atoms in total. The molecule has 2 aliphatic rings. The van der Waals surface area contributed by atoms with E-state index in [1.165, 1.54) is 12.1 Å². The molecule has 0 spiro atoms. The summed E-state index contributed by atoms with van der Waals surface area (Å²) in [6.07, 6.45) is -17.2. The minimum absolute atomic E-state index is 0.00760. The quantitative estimate of drug-likeness (QED) is 0.0872. The number of carboxylic acids is 1. The van der Waals surface area contributed by atoms with Gasteiger partial charge in [0.25, 0.3) is 11.5 Å². The highest BCUT2D eigenvalue weighted by atomic mass is 16.7. The molecule has 4 unspecified atom stereocenters. The normalized spacial score (nSPS) is 35.2. The number of hydrogen-bond acceptors (Lipinski definition) is 15. The third-order valence-electron chi connectivity index (χ3n) is 6.63. The molecule has 1 aromatic carbocycles. The Morgan fingerprint density at radius 1 is 1.15 bits per heavy atom. The third-order valence-corrected chi connectivity index (χ3v) is 6.63. The Bertz CT molecular complexity index is 1070. The largest absolute Gasteiger partial charge is 0.477 e. The Labute approximate surface area is 231 Å². The van der Waals surface area contributed by atoms with Crippen LogP contribution in [0.5, 0.6) is 5.75 Å². The van der Waals surface area contributed by atoms with E-state index >= 15 is 0 Å². The Balaban J connectivity index is 1.83. The molecule has 1 aromatic rings. The molecule has 3 rings (SSSR count). The standard InChI is InChI=1S/C23H32N2O16/c1-9(27)24-15-19(33)18(32)14(40-21(15)39-11-4-2-10(3-5-11)25(36)37)8-38-23(22(34)35)6-12(28)16(30)20(41-23)17(31)13(29)7-26/h2-5,12-21,26,28-33H,6-8H2,1H3,(H,24,27)(H,34,35)/t12-,13-,14?,15?,16-,17-,18+,19?,20?,21-,23-/m1/s1. The number of ether oxygens (including phenoxy) is 4. The maximum atomic E-state index is 12.2. The van der Waals surface area contributed by atoms with E-state index in [0.29, 0.717) is 0 Å². The highest BCUT2D eigenvalue weighted by Gasteiger charge is 2.56. The highest BCUT2D eigenvalue weighted by Crippen LogP contribution is 2.35. The highest BCUT2D eigenvalue weighted by molar-refractivity contribution is 5.76. The molecule has 2 heterocycles. The van der Waals surface area contributed by atoms with Crippen molar-refractivity contribution in [2.45, 2.75) is 80.3 Å². The molecular formula is C23H32N2O16. The van der Waals surface area contributed by atoms with E-state index in [4.69, 9.17) is 24.1 Å². The molecule has 0 radical (unpaired) electrons. The van der Waals surface area contributed by atoms with Crippen LogP contribution in [0.1, 0.15) is 13.3 Å². The van der Waals surface area contributed by atoms with Crippen LogP contribution in [-0.4, -0.2) is 138 Å². The van der Waals surface area contributed by atoms with E-state index < -0.39 is 103 Å². The lowest BCUT2D eigenvalue weighted by atomic mass is 9.90. The summed E-state index contributed by atoms with van der Waals surface area (Å²) in [7, 11) is 0. The molecule has 9 N–H and O–H groups in total. The number of nitrogens with one attached hydrogen (secondary N) is 1. The average molecular weight is 593 g/mol. The van der Waals surface area contributed by atoms with Crippen molar-refractivity contribution in [3.63, 3.8) is 0 Å². The van der Waals surface area contributed by atoms with E-state index in [1.54, 1.807) is 0 Å². The number of aliphatic hydroxyl groups excluding tert-OH is 7. The zero-order valence-corrected chi connectivity index (χ0v) is 21.5. The van der Waals surface area contributed by atoms with Crippen LogP contribution in [0.3, 0.4) is 0 Å². The van der Waals surface area contributed by atoms with E-state index in [0.717, 1.165) is 19.1 Å². The number of non-ortho nitro benzene ring substituents is 1. The van der Waals surface area contributed by atoms with Crippen molar-refractivity contribution < 1.29 is 74.3 Å². The zero-order valence-electron chi connectivity index (χ0n) is 21.5. The minimum atomic E-state index is -2.77. The third kappa shape index (κ3) is 7.25. The van der Waals surface area contributed by atoms with Gasteiger partial charge in [-0.25, -0.2) is 4.79 Å². The van der Waals surface area contributed by atoms with Gasteiger partial charge in [-0.1, -0.05) is 0 Å². The molecule has 0 aromatic heterocycles. The van der Waals surface area contributed by atoms with Crippen LogP contribution in [0.15, 0.2) is 24.3 Å². The Kier molecular flexibility index (Phi) is 10.5. The van der Waals surface area contributed by atoms with Gasteiger partial charge in [-0.05, 0) is 12.1 Å². The summed E-state index contributed by atoms with van der Waals surface area (Å²) >= 11 is 0. The van der Waals surface area contributed by atoms with Crippen LogP contribution in [-0.2, 0) is 23.8 Å². The predicted molar refractivity (Wildman–Crippen MR) is 129 cm³/mol. The number of carbonyl (C=O) groups is 2. The first-order valence-corrected chi connectivity index (χ1v) is 12.3. The van der Waals surface area contributed by atoms with Crippen molar-refractivity contribution in [1.82, 2.24) is 5.32 Å². The second kappa shape index (κ2) is 13.3. The lowest BCUT2D eigenvalue weighted by molar-refractivity contribution is -0.384. The molecule has 2 fully saturated rings.